The number of para-hydroxylation sites is 1. The highest BCUT2D eigenvalue weighted by molar-refractivity contribution is 5.97. The van der Waals surface area contributed by atoms with E-state index in [4.69, 9.17) is 0 Å². The number of hydrogen-bond donors (Lipinski definition) is 1. The first-order valence-electron chi connectivity index (χ1n) is 10.2. The van der Waals surface area contributed by atoms with Crippen molar-refractivity contribution in [2.45, 2.75) is 70.8 Å². The lowest BCUT2D eigenvalue weighted by Gasteiger charge is -2.43. The number of likely N-dealkylation sites (N-methyl/N-ethyl adjacent to an activating group) is 1. The van der Waals surface area contributed by atoms with Crippen molar-refractivity contribution in [1.29, 1.82) is 0 Å². The fourth-order valence-corrected chi connectivity index (χ4v) is 4.70. The first-order chi connectivity index (χ1) is 12.8. The van der Waals surface area contributed by atoms with E-state index >= 15 is 0 Å². The van der Waals surface area contributed by atoms with Gasteiger partial charge in [-0.25, -0.2) is 4.79 Å². The van der Waals surface area contributed by atoms with Crippen molar-refractivity contribution in [2.75, 3.05) is 25.5 Å². The summed E-state index contributed by atoms with van der Waals surface area (Å²) in [5.41, 5.74) is 2.57. The standard InChI is InChI=1S/C22H33N3O2/c1-15(2)17-9-6-10-18(16(3)4)19(17)23-21(27)25-14-8-12-22(25)11-7-13-24(5)20(22)26/h6,9-10,15-16H,7-8,11-14H2,1-5H3,(H,23,27). The summed E-state index contributed by atoms with van der Waals surface area (Å²) >= 11 is 0. The Morgan fingerprint density at radius 2 is 1.59 bits per heavy atom. The van der Waals surface area contributed by atoms with E-state index in [-0.39, 0.29) is 11.9 Å². The smallest absolute Gasteiger partial charge is 0.322 e. The highest BCUT2D eigenvalue weighted by Crippen LogP contribution is 2.39. The molecular weight excluding hydrogens is 338 g/mol. The third-order valence-electron chi connectivity index (χ3n) is 6.17. The van der Waals surface area contributed by atoms with Gasteiger partial charge in [0.1, 0.15) is 5.54 Å². The maximum Gasteiger partial charge on any atom is 0.322 e. The van der Waals surface area contributed by atoms with Crippen LogP contribution in [0, 0.1) is 0 Å². The average molecular weight is 372 g/mol. The van der Waals surface area contributed by atoms with E-state index in [9.17, 15) is 9.59 Å². The van der Waals surface area contributed by atoms with Gasteiger partial charge in [0.05, 0.1) is 0 Å². The van der Waals surface area contributed by atoms with E-state index < -0.39 is 5.54 Å². The van der Waals surface area contributed by atoms with Crippen molar-refractivity contribution < 1.29 is 9.59 Å². The molecule has 27 heavy (non-hydrogen) atoms. The number of rotatable bonds is 3. The maximum absolute atomic E-state index is 13.3. The minimum absolute atomic E-state index is 0.0997. The second-order valence-electron chi connectivity index (χ2n) is 8.67. The van der Waals surface area contributed by atoms with Crippen molar-refractivity contribution in [2.24, 2.45) is 0 Å². The molecule has 0 radical (unpaired) electrons. The van der Waals surface area contributed by atoms with Crippen molar-refractivity contribution in [3.05, 3.63) is 29.3 Å². The first kappa shape index (κ1) is 19.7. The molecule has 1 unspecified atom stereocenters. The van der Waals surface area contributed by atoms with E-state index in [0.717, 1.165) is 49.0 Å². The quantitative estimate of drug-likeness (QED) is 0.847. The molecular formula is C22H33N3O2. The molecule has 2 fully saturated rings. The number of amides is 3. The molecule has 2 aliphatic rings. The van der Waals surface area contributed by atoms with Crippen LogP contribution in [0.4, 0.5) is 10.5 Å². The van der Waals surface area contributed by atoms with Crippen LogP contribution in [0.15, 0.2) is 18.2 Å². The van der Waals surface area contributed by atoms with Gasteiger partial charge in [-0.15, -0.1) is 0 Å². The summed E-state index contributed by atoms with van der Waals surface area (Å²) in [6.45, 7) is 10.0. The van der Waals surface area contributed by atoms with E-state index in [0.29, 0.717) is 18.4 Å². The normalized spacial score (nSPS) is 23.0. The number of piperidine rings is 1. The number of urea groups is 1. The molecule has 1 N–H and O–H groups in total. The van der Waals surface area contributed by atoms with Crippen molar-refractivity contribution in [3.8, 4) is 0 Å². The van der Waals surface area contributed by atoms with E-state index in [1.165, 1.54) is 0 Å². The van der Waals surface area contributed by atoms with Gasteiger partial charge in [-0.1, -0.05) is 45.9 Å². The van der Waals surface area contributed by atoms with Gasteiger partial charge in [0, 0.05) is 25.8 Å². The highest BCUT2D eigenvalue weighted by atomic mass is 16.2. The molecule has 2 saturated heterocycles. The van der Waals surface area contributed by atoms with Crippen LogP contribution in [0.25, 0.3) is 0 Å². The number of anilines is 1. The van der Waals surface area contributed by atoms with Crippen LogP contribution in [-0.2, 0) is 4.79 Å². The largest absolute Gasteiger partial charge is 0.344 e. The van der Waals surface area contributed by atoms with Crippen molar-refractivity contribution in [3.63, 3.8) is 0 Å². The summed E-state index contributed by atoms with van der Waals surface area (Å²) in [7, 11) is 1.85. The van der Waals surface area contributed by atoms with Gasteiger partial charge in [-0.3, -0.25) is 4.79 Å². The lowest BCUT2D eigenvalue weighted by atomic mass is 9.85. The van der Waals surface area contributed by atoms with Crippen LogP contribution in [0.2, 0.25) is 0 Å². The minimum Gasteiger partial charge on any atom is -0.344 e. The first-order valence-corrected chi connectivity index (χ1v) is 10.2. The van der Waals surface area contributed by atoms with Crippen molar-refractivity contribution >= 4 is 17.6 Å². The Balaban J connectivity index is 1.93. The van der Waals surface area contributed by atoms with Crippen LogP contribution >= 0.6 is 0 Å². The average Bonchev–Trinajstić information content (AvgIpc) is 3.04. The Bertz CT molecular complexity index is 702. The Labute approximate surface area is 163 Å². The number of carbonyl (C=O) groups excluding carboxylic acids is 2. The van der Waals surface area contributed by atoms with Gasteiger partial charge in [-0.2, -0.15) is 0 Å². The maximum atomic E-state index is 13.3. The second-order valence-corrected chi connectivity index (χ2v) is 8.67. The zero-order chi connectivity index (χ0) is 19.8. The summed E-state index contributed by atoms with van der Waals surface area (Å²) in [5.74, 6) is 0.727. The Morgan fingerprint density at radius 1 is 1.04 bits per heavy atom. The third-order valence-corrected chi connectivity index (χ3v) is 6.17. The van der Waals surface area contributed by atoms with Crippen LogP contribution in [-0.4, -0.2) is 47.4 Å². The van der Waals surface area contributed by atoms with Gasteiger partial charge in [0.15, 0.2) is 0 Å². The minimum atomic E-state index is -0.651. The molecule has 0 aromatic heterocycles. The van der Waals surface area contributed by atoms with Gasteiger partial charge in [0.25, 0.3) is 0 Å². The van der Waals surface area contributed by atoms with Crippen molar-refractivity contribution in [1.82, 2.24) is 9.80 Å². The van der Waals surface area contributed by atoms with Crippen LogP contribution in [0.5, 0.6) is 0 Å². The lowest BCUT2D eigenvalue weighted by molar-refractivity contribution is -0.143. The fourth-order valence-electron chi connectivity index (χ4n) is 4.70. The molecule has 1 aromatic rings. The van der Waals surface area contributed by atoms with Gasteiger partial charge >= 0.3 is 6.03 Å². The molecule has 3 rings (SSSR count). The number of carbonyl (C=O) groups is 2. The highest BCUT2D eigenvalue weighted by Gasteiger charge is 2.52. The zero-order valence-electron chi connectivity index (χ0n) is 17.3. The van der Waals surface area contributed by atoms with E-state index in [2.05, 4.69) is 51.2 Å². The SMILES string of the molecule is CC(C)c1cccc(C(C)C)c1NC(=O)N1CCCC12CCCN(C)C2=O. The summed E-state index contributed by atoms with van der Waals surface area (Å²) < 4.78 is 0. The summed E-state index contributed by atoms with van der Waals surface area (Å²) in [6, 6.07) is 6.11. The van der Waals surface area contributed by atoms with Crippen LogP contribution in [0.1, 0.15) is 76.3 Å². The molecule has 5 heteroatoms. The topological polar surface area (TPSA) is 52.7 Å². The monoisotopic (exact) mass is 371 g/mol. The van der Waals surface area contributed by atoms with Crippen LogP contribution in [0.3, 0.4) is 0 Å². The molecule has 2 aliphatic heterocycles. The second kappa shape index (κ2) is 7.53. The molecule has 0 bridgehead atoms. The summed E-state index contributed by atoms with van der Waals surface area (Å²) in [5, 5.41) is 3.21. The molecule has 148 valence electrons. The van der Waals surface area contributed by atoms with Crippen LogP contribution < -0.4 is 5.32 Å². The third kappa shape index (κ3) is 3.44. The van der Waals surface area contributed by atoms with E-state index in [1.807, 2.05) is 11.9 Å². The summed E-state index contributed by atoms with van der Waals surface area (Å²) in [6.07, 6.45) is 3.38. The number of nitrogens with zero attached hydrogens (tertiary/aromatic N) is 2. The molecule has 0 saturated carbocycles. The number of nitrogens with one attached hydrogen (secondary N) is 1. The number of benzene rings is 1. The lowest BCUT2D eigenvalue weighted by Crippen LogP contribution is -2.61. The predicted molar refractivity (Wildman–Crippen MR) is 109 cm³/mol. The van der Waals surface area contributed by atoms with E-state index in [1.54, 1.807) is 4.90 Å². The molecule has 1 atom stereocenters. The van der Waals surface area contributed by atoms with Gasteiger partial charge in [0.2, 0.25) is 5.91 Å². The fraction of sp³-hybridized carbons (Fsp3) is 0.636. The molecule has 1 aromatic carbocycles. The molecule has 1 spiro atoms. The predicted octanol–water partition coefficient (Wildman–Crippen LogP) is 4.55. The number of likely N-dealkylation sites (tertiary alicyclic amines) is 2. The Kier molecular flexibility index (Phi) is 5.50. The van der Waals surface area contributed by atoms with Gasteiger partial charge < -0.3 is 15.1 Å². The summed E-state index contributed by atoms with van der Waals surface area (Å²) in [4.78, 5) is 29.9. The molecule has 3 amide bonds. The Morgan fingerprint density at radius 3 is 2.15 bits per heavy atom. The molecule has 5 nitrogen and oxygen atoms in total. The van der Waals surface area contributed by atoms with Gasteiger partial charge in [-0.05, 0) is 48.6 Å². The number of hydrogen-bond acceptors (Lipinski definition) is 2. The zero-order valence-corrected chi connectivity index (χ0v) is 17.3. The molecule has 0 aliphatic carbocycles. The Hall–Kier alpha value is -2.04. The molecule has 2 heterocycles.